The predicted octanol–water partition coefficient (Wildman–Crippen LogP) is 1.20. The minimum Gasteiger partial charge on any atom is -0.336 e. The second kappa shape index (κ2) is 4.96. The molecule has 1 aromatic rings. The molecule has 0 aromatic carbocycles. The molecule has 2 rings (SSSR count). The Balaban J connectivity index is 1.97. The molecule has 0 bridgehead atoms. The molecule has 17 heavy (non-hydrogen) atoms. The third-order valence-electron chi connectivity index (χ3n) is 2.85. The van der Waals surface area contributed by atoms with Gasteiger partial charge in [0, 0.05) is 24.7 Å². The minimum absolute atomic E-state index is 0.0546. The molecule has 1 fully saturated rings. The second-order valence-corrected chi connectivity index (χ2v) is 6.52. The van der Waals surface area contributed by atoms with Crippen LogP contribution in [0.5, 0.6) is 0 Å². The summed E-state index contributed by atoms with van der Waals surface area (Å²) in [6.07, 6.45) is 5.22. The molecule has 1 saturated carbocycles. The van der Waals surface area contributed by atoms with E-state index in [9.17, 15) is 8.42 Å². The highest BCUT2D eigenvalue weighted by atomic mass is 35.5. The summed E-state index contributed by atoms with van der Waals surface area (Å²) in [4.78, 5) is 3.87. The van der Waals surface area contributed by atoms with Crippen molar-refractivity contribution in [2.75, 3.05) is 6.54 Å². The van der Waals surface area contributed by atoms with Gasteiger partial charge in [-0.15, -0.1) is 11.6 Å². The topological polar surface area (TPSA) is 64.0 Å². The minimum atomic E-state index is -3.52. The zero-order chi connectivity index (χ0) is 12.5. The maximum absolute atomic E-state index is 11.9. The van der Waals surface area contributed by atoms with E-state index in [4.69, 9.17) is 11.6 Å². The van der Waals surface area contributed by atoms with Gasteiger partial charge in [0.15, 0.2) is 5.03 Å². The van der Waals surface area contributed by atoms with Crippen molar-refractivity contribution < 1.29 is 8.42 Å². The second-order valence-electron chi connectivity index (χ2n) is 4.25. The molecule has 1 aliphatic carbocycles. The summed E-state index contributed by atoms with van der Waals surface area (Å²) in [5.41, 5.74) is 0. The fraction of sp³-hybridized carbons (Fsp3) is 0.700. The van der Waals surface area contributed by atoms with Crippen molar-refractivity contribution in [1.29, 1.82) is 0 Å². The normalized spacial score (nSPS) is 18.2. The molecule has 0 saturated heterocycles. The van der Waals surface area contributed by atoms with Gasteiger partial charge in [0.1, 0.15) is 0 Å². The van der Waals surface area contributed by atoms with Crippen LogP contribution in [0.4, 0.5) is 0 Å². The molecule has 7 heteroatoms. The number of nitrogens with one attached hydrogen (secondary N) is 1. The smallest absolute Gasteiger partial charge is 0.259 e. The van der Waals surface area contributed by atoms with E-state index in [2.05, 4.69) is 9.71 Å². The number of hydrogen-bond donors (Lipinski definition) is 1. The van der Waals surface area contributed by atoms with Crippen molar-refractivity contribution in [3.8, 4) is 0 Å². The van der Waals surface area contributed by atoms with E-state index in [1.807, 2.05) is 6.92 Å². The van der Waals surface area contributed by atoms with Gasteiger partial charge in [-0.2, -0.15) is 0 Å². The van der Waals surface area contributed by atoms with E-state index < -0.39 is 10.0 Å². The number of aryl methyl sites for hydroxylation is 1. The van der Waals surface area contributed by atoms with E-state index in [0.29, 0.717) is 12.5 Å². The first-order chi connectivity index (χ1) is 8.03. The third-order valence-corrected chi connectivity index (χ3v) is 4.67. The Kier molecular flexibility index (Phi) is 3.75. The molecule has 1 atom stereocenters. The number of imidazole rings is 1. The SMILES string of the molecule is CCn1cnc(S(=O)(=O)NCC(Cl)C2CC2)c1. The quantitative estimate of drug-likeness (QED) is 0.795. The van der Waals surface area contributed by atoms with Crippen molar-refractivity contribution in [1.82, 2.24) is 14.3 Å². The number of alkyl halides is 1. The van der Waals surface area contributed by atoms with Crippen LogP contribution < -0.4 is 4.72 Å². The summed E-state index contributed by atoms with van der Waals surface area (Å²) < 4.78 is 27.9. The number of sulfonamides is 1. The third kappa shape index (κ3) is 3.20. The highest BCUT2D eigenvalue weighted by Crippen LogP contribution is 2.35. The highest BCUT2D eigenvalue weighted by Gasteiger charge is 2.30. The molecule has 1 unspecified atom stereocenters. The van der Waals surface area contributed by atoms with Crippen LogP contribution in [0.25, 0.3) is 0 Å². The molecule has 96 valence electrons. The first-order valence-electron chi connectivity index (χ1n) is 5.68. The van der Waals surface area contributed by atoms with Crippen LogP contribution in [0, 0.1) is 5.92 Å². The maximum atomic E-state index is 11.9. The van der Waals surface area contributed by atoms with Crippen molar-refractivity contribution >= 4 is 21.6 Å². The van der Waals surface area contributed by atoms with Gasteiger partial charge in [-0.3, -0.25) is 0 Å². The van der Waals surface area contributed by atoms with Crippen LogP contribution in [-0.2, 0) is 16.6 Å². The van der Waals surface area contributed by atoms with Crippen LogP contribution in [-0.4, -0.2) is 29.9 Å². The van der Waals surface area contributed by atoms with Crippen LogP contribution in [0.1, 0.15) is 19.8 Å². The first-order valence-corrected chi connectivity index (χ1v) is 7.60. The number of aromatic nitrogens is 2. The van der Waals surface area contributed by atoms with Crippen LogP contribution in [0.15, 0.2) is 17.6 Å². The molecule has 0 spiro atoms. The van der Waals surface area contributed by atoms with Crippen LogP contribution in [0.3, 0.4) is 0 Å². The summed E-state index contributed by atoms with van der Waals surface area (Å²) in [5.74, 6) is 0.465. The number of halogens is 1. The lowest BCUT2D eigenvalue weighted by molar-refractivity contribution is 0.573. The van der Waals surface area contributed by atoms with E-state index >= 15 is 0 Å². The van der Waals surface area contributed by atoms with Crippen molar-refractivity contribution in [2.24, 2.45) is 5.92 Å². The summed E-state index contributed by atoms with van der Waals surface area (Å²) in [5, 5.41) is -0.0583. The number of hydrogen-bond acceptors (Lipinski definition) is 3. The fourth-order valence-corrected chi connectivity index (χ4v) is 2.97. The van der Waals surface area contributed by atoms with Gasteiger partial charge in [-0.05, 0) is 25.7 Å². The molecule has 0 aliphatic heterocycles. The molecule has 0 radical (unpaired) electrons. The van der Waals surface area contributed by atoms with E-state index in [1.165, 1.54) is 12.5 Å². The number of nitrogens with zero attached hydrogens (tertiary/aromatic N) is 2. The molecule has 1 aliphatic rings. The van der Waals surface area contributed by atoms with Crippen LogP contribution in [0.2, 0.25) is 0 Å². The Hall–Kier alpha value is -0.590. The average Bonchev–Trinajstić information content (AvgIpc) is 3.03. The predicted molar refractivity (Wildman–Crippen MR) is 65.5 cm³/mol. The van der Waals surface area contributed by atoms with E-state index in [-0.39, 0.29) is 16.9 Å². The summed E-state index contributed by atoms with van der Waals surface area (Å²) in [7, 11) is -3.52. The van der Waals surface area contributed by atoms with Gasteiger partial charge >= 0.3 is 0 Å². The zero-order valence-corrected chi connectivity index (χ0v) is 11.2. The van der Waals surface area contributed by atoms with Crippen molar-refractivity contribution in [3.05, 3.63) is 12.5 Å². The molecule has 1 aromatic heterocycles. The molecule has 1 N–H and O–H groups in total. The fourth-order valence-electron chi connectivity index (χ4n) is 1.54. The lowest BCUT2D eigenvalue weighted by Crippen LogP contribution is -2.30. The Morgan fingerprint density at radius 2 is 2.35 bits per heavy atom. The van der Waals surface area contributed by atoms with Crippen molar-refractivity contribution in [2.45, 2.75) is 36.7 Å². The Labute approximate surface area is 106 Å². The first kappa shape index (κ1) is 12.9. The van der Waals surface area contributed by atoms with E-state index in [0.717, 1.165) is 12.8 Å². The molecule has 1 heterocycles. The van der Waals surface area contributed by atoms with Gasteiger partial charge in [0.2, 0.25) is 0 Å². The van der Waals surface area contributed by atoms with Gasteiger partial charge in [-0.25, -0.2) is 18.1 Å². The number of rotatable bonds is 6. The molecule has 5 nitrogen and oxygen atoms in total. The molecule has 0 amide bonds. The Bertz CT molecular complexity index is 481. The van der Waals surface area contributed by atoms with Crippen LogP contribution >= 0.6 is 11.6 Å². The zero-order valence-electron chi connectivity index (χ0n) is 9.63. The monoisotopic (exact) mass is 277 g/mol. The standard InChI is InChI=1S/C10H16ClN3O2S/c1-2-14-6-10(12-7-14)17(15,16)13-5-9(11)8-3-4-8/h6-9,13H,2-5H2,1H3. The summed E-state index contributed by atoms with van der Waals surface area (Å²) in [6.45, 7) is 2.89. The summed E-state index contributed by atoms with van der Waals surface area (Å²) >= 11 is 6.05. The maximum Gasteiger partial charge on any atom is 0.259 e. The van der Waals surface area contributed by atoms with Gasteiger partial charge in [-0.1, -0.05) is 0 Å². The summed E-state index contributed by atoms with van der Waals surface area (Å²) in [6, 6.07) is 0. The molecular weight excluding hydrogens is 262 g/mol. The Morgan fingerprint density at radius 1 is 1.65 bits per heavy atom. The Morgan fingerprint density at radius 3 is 2.88 bits per heavy atom. The molecular formula is C10H16ClN3O2S. The highest BCUT2D eigenvalue weighted by molar-refractivity contribution is 7.89. The lowest BCUT2D eigenvalue weighted by atomic mass is 10.3. The lowest BCUT2D eigenvalue weighted by Gasteiger charge is -2.08. The van der Waals surface area contributed by atoms with Gasteiger partial charge in [0.25, 0.3) is 10.0 Å². The van der Waals surface area contributed by atoms with Gasteiger partial charge in [0.05, 0.1) is 6.33 Å². The largest absolute Gasteiger partial charge is 0.336 e. The average molecular weight is 278 g/mol. The van der Waals surface area contributed by atoms with E-state index in [1.54, 1.807) is 4.57 Å². The van der Waals surface area contributed by atoms with Crippen molar-refractivity contribution in [3.63, 3.8) is 0 Å². The van der Waals surface area contributed by atoms with Gasteiger partial charge < -0.3 is 4.57 Å².